The van der Waals surface area contributed by atoms with E-state index in [4.69, 9.17) is 9.84 Å². The van der Waals surface area contributed by atoms with Gasteiger partial charge in [-0.15, -0.1) is 0 Å². The summed E-state index contributed by atoms with van der Waals surface area (Å²) in [5.41, 5.74) is 0.150. The van der Waals surface area contributed by atoms with E-state index in [1.807, 2.05) is 0 Å². The summed E-state index contributed by atoms with van der Waals surface area (Å²) < 4.78 is 18.1. The molecule has 0 aromatic heterocycles. The molecule has 1 aromatic carbocycles. The number of carbonyl (C=O) groups excluding carboxylic acids is 1. The van der Waals surface area contributed by atoms with Crippen LogP contribution in [0, 0.1) is 5.82 Å². The smallest absolute Gasteiger partial charge is 0.307 e. The van der Waals surface area contributed by atoms with Crippen molar-refractivity contribution in [1.29, 1.82) is 0 Å². The average Bonchev–Trinajstić information content (AvgIpc) is 2.14. The zero-order chi connectivity index (χ0) is 12.1. The SMILES string of the molecule is C[C@@H](CC(=O)O)Oc1cc(F)cc(C=O)c1. The fraction of sp³-hybridized carbons (Fsp3) is 0.273. The first kappa shape index (κ1) is 12.2. The molecule has 0 fully saturated rings. The first-order valence-electron chi connectivity index (χ1n) is 4.65. The van der Waals surface area contributed by atoms with Gasteiger partial charge in [-0.05, 0) is 19.1 Å². The van der Waals surface area contributed by atoms with E-state index < -0.39 is 17.9 Å². The summed E-state index contributed by atoms with van der Waals surface area (Å²) in [6, 6.07) is 3.53. The average molecular weight is 226 g/mol. The number of aliphatic carboxylic acids is 1. The minimum Gasteiger partial charge on any atom is -0.490 e. The van der Waals surface area contributed by atoms with Crippen molar-refractivity contribution in [2.24, 2.45) is 0 Å². The second-order valence-corrected chi connectivity index (χ2v) is 3.36. The molecule has 86 valence electrons. The Morgan fingerprint density at radius 3 is 2.81 bits per heavy atom. The lowest BCUT2D eigenvalue weighted by Gasteiger charge is -2.12. The third-order valence-corrected chi connectivity index (χ3v) is 1.83. The molecular weight excluding hydrogens is 215 g/mol. The van der Waals surface area contributed by atoms with Crippen molar-refractivity contribution in [2.45, 2.75) is 19.4 Å². The highest BCUT2D eigenvalue weighted by Crippen LogP contribution is 2.17. The molecule has 0 saturated heterocycles. The van der Waals surface area contributed by atoms with Crippen molar-refractivity contribution in [1.82, 2.24) is 0 Å². The summed E-state index contributed by atoms with van der Waals surface area (Å²) in [4.78, 5) is 20.8. The molecule has 0 heterocycles. The van der Waals surface area contributed by atoms with Gasteiger partial charge >= 0.3 is 5.97 Å². The lowest BCUT2D eigenvalue weighted by molar-refractivity contribution is -0.138. The molecule has 16 heavy (non-hydrogen) atoms. The Hall–Kier alpha value is -1.91. The zero-order valence-electron chi connectivity index (χ0n) is 8.64. The van der Waals surface area contributed by atoms with Gasteiger partial charge in [0.2, 0.25) is 0 Å². The third kappa shape index (κ3) is 3.68. The zero-order valence-corrected chi connectivity index (χ0v) is 8.64. The fourth-order valence-corrected chi connectivity index (χ4v) is 1.24. The van der Waals surface area contributed by atoms with Gasteiger partial charge in [-0.25, -0.2) is 4.39 Å². The Labute approximate surface area is 91.7 Å². The molecule has 1 N–H and O–H groups in total. The van der Waals surface area contributed by atoms with E-state index in [1.54, 1.807) is 6.92 Å². The van der Waals surface area contributed by atoms with Crippen LogP contribution in [0.3, 0.4) is 0 Å². The number of carboxylic acids is 1. The second-order valence-electron chi connectivity index (χ2n) is 3.36. The minimum atomic E-state index is -1.00. The van der Waals surface area contributed by atoms with Gasteiger partial charge in [0, 0.05) is 11.6 Å². The number of carboxylic acid groups (broad SMARTS) is 1. The number of aldehydes is 1. The molecule has 5 heteroatoms. The lowest BCUT2D eigenvalue weighted by atomic mass is 10.2. The topological polar surface area (TPSA) is 63.6 Å². The maximum Gasteiger partial charge on any atom is 0.307 e. The highest BCUT2D eigenvalue weighted by molar-refractivity contribution is 5.75. The van der Waals surface area contributed by atoms with Gasteiger partial charge in [-0.2, -0.15) is 0 Å². The Morgan fingerprint density at radius 2 is 2.25 bits per heavy atom. The molecule has 0 bridgehead atoms. The summed E-state index contributed by atoms with van der Waals surface area (Å²) in [5.74, 6) is -1.45. The first-order valence-corrected chi connectivity index (χ1v) is 4.65. The van der Waals surface area contributed by atoms with Crippen LogP contribution in [0.25, 0.3) is 0 Å². The van der Waals surface area contributed by atoms with Crippen molar-refractivity contribution in [3.8, 4) is 5.75 Å². The molecule has 0 radical (unpaired) electrons. The Kier molecular flexibility index (Phi) is 3.99. The third-order valence-electron chi connectivity index (χ3n) is 1.83. The van der Waals surface area contributed by atoms with Crippen molar-refractivity contribution in [3.63, 3.8) is 0 Å². The maximum atomic E-state index is 13.0. The minimum absolute atomic E-state index is 0.149. The van der Waals surface area contributed by atoms with E-state index in [1.165, 1.54) is 6.07 Å². The molecule has 4 nitrogen and oxygen atoms in total. The fourth-order valence-electron chi connectivity index (χ4n) is 1.24. The highest BCUT2D eigenvalue weighted by atomic mass is 19.1. The van der Waals surface area contributed by atoms with Crippen molar-refractivity contribution in [3.05, 3.63) is 29.6 Å². The van der Waals surface area contributed by atoms with Crippen LogP contribution in [-0.2, 0) is 4.79 Å². The summed E-state index contributed by atoms with van der Waals surface area (Å²) in [5, 5.41) is 8.51. The van der Waals surface area contributed by atoms with Crippen LogP contribution < -0.4 is 4.74 Å². The molecule has 0 aliphatic heterocycles. The quantitative estimate of drug-likeness (QED) is 0.778. The largest absolute Gasteiger partial charge is 0.490 e. The molecule has 0 saturated carbocycles. The summed E-state index contributed by atoms with van der Waals surface area (Å²) in [6.07, 6.45) is -0.274. The van der Waals surface area contributed by atoms with E-state index >= 15 is 0 Å². The lowest BCUT2D eigenvalue weighted by Crippen LogP contribution is -2.16. The van der Waals surface area contributed by atoms with E-state index in [2.05, 4.69) is 0 Å². The van der Waals surface area contributed by atoms with Crippen LogP contribution in [-0.4, -0.2) is 23.5 Å². The van der Waals surface area contributed by atoms with Crippen molar-refractivity contribution in [2.75, 3.05) is 0 Å². The van der Waals surface area contributed by atoms with E-state index in [0.29, 0.717) is 6.29 Å². The first-order chi connectivity index (χ1) is 7.51. The number of carbonyl (C=O) groups is 2. The van der Waals surface area contributed by atoms with E-state index in [-0.39, 0.29) is 17.7 Å². The van der Waals surface area contributed by atoms with Crippen LogP contribution in [0.15, 0.2) is 18.2 Å². The summed E-state index contributed by atoms with van der Waals surface area (Å²) in [6.45, 7) is 1.56. The predicted octanol–water partition coefficient (Wildman–Crippen LogP) is 1.88. The van der Waals surface area contributed by atoms with Crippen molar-refractivity contribution >= 4 is 12.3 Å². The van der Waals surface area contributed by atoms with Gasteiger partial charge in [0.1, 0.15) is 24.0 Å². The molecule has 0 spiro atoms. The molecule has 1 rings (SSSR count). The van der Waals surface area contributed by atoms with Gasteiger partial charge in [0.05, 0.1) is 6.42 Å². The van der Waals surface area contributed by atoms with Crippen LogP contribution in [0.2, 0.25) is 0 Å². The molecule has 1 aromatic rings. The predicted molar refractivity (Wildman–Crippen MR) is 54.1 cm³/mol. The molecular formula is C11H11FO4. The van der Waals surface area contributed by atoms with Crippen LogP contribution in [0.5, 0.6) is 5.75 Å². The van der Waals surface area contributed by atoms with Gasteiger partial charge < -0.3 is 9.84 Å². The van der Waals surface area contributed by atoms with E-state index in [9.17, 15) is 14.0 Å². The Morgan fingerprint density at radius 1 is 1.56 bits per heavy atom. The number of hydrogen-bond donors (Lipinski definition) is 1. The molecule has 0 aliphatic rings. The standard InChI is InChI=1S/C11H11FO4/c1-7(2-11(14)15)16-10-4-8(6-13)3-9(12)5-10/h3-7H,2H2,1H3,(H,14,15)/t7-/m0/s1. The summed E-state index contributed by atoms with van der Waals surface area (Å²) >= 11 is 0. The second kappa shape index (κ2) is 5.25. The number of rotatable bonds is 5. The number of ether oxygens (including phenoxy) is 1. The number of halogens is 1. The normalized spacial score (nSPS) is 11.9. The van der Waals surface area contributed by atoms with Gasteiger partial charge in [-0.1, -0.05) is 0 Å². The van der Waals surface area contributed by atoms with Gasteiger partial charge in [0.15, 0.2) is 0 Å². The van der Waals surface area contributed by atoms with E-state index in [0.717, 1.165) is 12.1 Å². The van der Waals surface area contributed by atoms with Crippen LogP contribution in [0.4, 0.5) is 4.39 Å². The summed E-state index contributed by atoms with van der Waals surface area (Å²) in [7, 11) is 0. The maximum absolute atomic E-state index is 13.0. The number of benzene rings is 1. The van der Waals surface area contributed by atoms with Crippen LogP contribution >= 0.6 is 0 Å². The van der Waals surface area contributed by atoms with Crippen molar-refractivity contribution < 1.29 is 23.8 Å². The van der Waals surface area contributed by atoms with Crippen LogP contribution in [0.1, 0.15) is 23.7 Å². The Bertz CT molecular complexity index is 403. The highest BCUT2D eigenvalue weighted by Gasteiger charge is 2.10. The van der Waals surface area contributed by atoms with Gasteiger partial charge in [0.25, 0.3) is 0 Å². The molecule has 0 amide bonds. The Balaban J connectivity index is 2.76. The van der Waals surface area contributed by atoms with Gasteiger partial charge in [-0.3, -0.25) is 9.59 Å². The molecule has 1 atom stereocenters. The monoisotopic (exact) mass is 226 g/mol. The molecule has 0 aliphatic carbocycles. The molecule has 0 unspecified atom stereocenters. The number of hydrogen-bond acceptors (Lipinski definition) is 3.